The van der Waals surface area contributed by atoms with Crippen LogP contribution >= 0.6 is 31.9 Å². The molecule has 2 aromatic rings. The van der Waals surface area contributed by atoms with Crippen LogP contribution in [0.5, 0.6) is 5.75 Å². The third kappa shape index (κ3) is 4.73. The van der Waals surface area contributed by atoms with E-state index in [1.54, 1.807) is 26.8 Å². The molecule has 5 nitrogen and oxygen atoms in total. The standard InChI is InChI=1S/C18H18Br2O5/c1-18(2,3)25-17(22)24-15-13-8-12(20)6-5-10(13)7-11(9-19)14(15)16(21)23-4/h5-8H,9H2,1-4H3. The molecule has 0 saturated carbocycles. The molecule has 0 aliphatic carbocycles. The molecule has 2 rings (SSSR count). The van der Waals surface area contributed by atoms with Gasteiger partial charge in [-0.15, -0.1) is 0 Å². The summed E-state index contributed by atoms with van der Waals surface area (Å²) in [5, 5.41) is 1.82. The van der Waals surface area contributed by atoms with Gasteiger partial charge in [-0.2, -0.15) is 0 Å². The number of halogens is 2. The van der Waals surface area contributed by atoms with Gasteiger partial charge in [-0.25, -0.2) is 9.59 Å². The molecule has 0 unspecified atom stereocenters. The average molecular weight is 474 g/mol. The summed E-state index contributed by atoms with van der Waals surface area (Å²) in [6.07, 6.45) is -0.884. The zero-order chi connectivity index (χ0) is 18.8. The quantitative estimate of drug-likeness (QED) is 0.330. The van der Waals surface area contributed by atoms with Crippen molar-refractivity contribution in [3.8, 4) is 5.75 Å². The molecule has 0 aliphatic heterocycles. The first-order chi connectivity index (χ1) is 11.7. The minimum absolute atomic E-state index is 0.120. The Balaban J connectivity index is 2.69. The van der Waals surface area contributed by atoms with Crippen molar-refractivity contribution in [1.82, 2.24) is 0 Å². The van der Waals surface area contributed by atoms with Crippen LogP contribution in [0.4, 0.5) is 4.79 Å². The first-order valence-electron chi connectivity index (χ1n) is 7.46. The molecule has 0 amide bonds. The van der Waals surface area contributed by atoms with Gasteiger partial charge < -0.3 is 14.2 Å². The van der Waals surface area contributed by atoms with Crippen molar-refractivity contribution in [2.45, 2.75) is 31.7 Å². The molecule has 0 N–H and O–H groups in total. The molecule has 0 spiro atoms. The second kappa shape index (κ2) is 7.74. The van der Waals surface area contributed by atoms with Crippen molar-refractivity contribution in [1.29, 1.82) is 0 Å². The lowest BCUT2D eigenvalue weighted by Crippen LogP contribution is -2.26. The number of alkyl halides is 1. The summed E-state index contributed by atoms with van der Waals surface area (Å²) in [4.78, 5) is 24.5. The summed E-state index contributed by atoms with van der Waals surface area (Å²) < 4.78 is 16.3. The summed E-state index contributed by atoms with van der Waals surface area (Å²) in [5.41, 5.74) is 0.127. The van der Waals surface area contributed by atoms with Crippen molar-refractivity contribution in [3.05, 3.63) is 39.9 Å². The SMILES string of the molecule is COC(=O)c1c(CBr)cc2ccc(Br)cc2c1OC(=O)OC(C)(C)C. The van der Waals surface area contributed by atoms with Crippen molar-refractivity contribution >= 4 is 54.8 Å². The summed E-state index contributed by atoms with van der Waals surface area (Å²) in [5.74, 6) is -0.468. The van der Waals surface area contributed by atoms with Gasteiger partial charge in [0.25, 0.3) is 0 Å². The Morgan fingerprint density at radius 3 is 2.40 bits per heavy atom. The summed E-state index contributed by atoms with van der Waals surface area (Å²) >= 11 is 6.77. The van der Waals surface area contributed by atoms with Crippen molar-refractivity contribution in [2.75, 3.05) is 7.11 Å². The number of fused-ring (bicyclic) bond motifs is 1. The lowest BCUT2D eigenvalue weighted by molar-refractivity contribution is 0.0206. The van der Waals surface area contributed by atoms with Crippen LogP contribution in [-0.4, -0.2) is 24.8 Å². The van der Waals surface area contributed by atoms with E-state index < -0.39 is 17.7 Å². The second-order valence-electron chi connectivity index (χ2n) is 6.30. The Hall–Kier alpha value is -1.60. The fourth-order valence-corrected chi connectivity index (χ4v) is 3.09. The minimum atomic E-state index is -0.884. The molecule has 0 fully saturated rings. The van der Waals surface area contributed by atoms with Gasteiger partial charge in [0.05, 0.1) is 7.11 Å². The molecule has 0 saturated heterocycles. The third-order valence-corrected chi connectivity index (χ3v) is 4.34. The number of rotatable bonds is 3. The van der Waals surface area contributed by atoms with E-state index in [9.17, 15) is 9.59 Å². The Labute approximate surface area is 162 Å². The maximum Gasteiger partial charge on any atom is 0.514 e. The van der Waals surface area contributed by atoms with E-state index in [1.807, 2.05) is 18.2 Å². The number of carbonyl (C=O) groups is 2. The monoisotopic (exact) mass is 472 g/mol. The smallest absolute Gasteiger partial charge is 0.465 e. The van der Waals surface area contributed by atoms with E-state index in [4.69, 9.17) is 14.2 Å². The van der Waals surface area contributed by atoms with E-state index in [0.29, 0.717) is 16.3 Å². The van der Waals surface area contributed by atoms with Crippen LogP contribution < -0.4 is 4.74 Å². The van der Waals surface area contributed by atoms with Gasteiger partial charge in [-0.1, -0.05) is 37.9 Å². The highest BCUT2D eigenvalue weighted by molar-refractivity contribution is 9.10. The lowest BCUT2D eigenvalue weighted by atomic mass is 10.00. The normalized spacial score (nSPS) is 11.3. The fraction of sp³-hybridized carbons (Fsp3) is 0.333. The zero-order valence-electron chi connectivity index (χ0n) is 14.3. The Morgan fingerprint density at radius 1 is 1.16 bits per heavy atom. The van der Waals surface area contributed by atoms with Gasteiger partial charge in [-0.05, 0) is 49.9 Å². The van der Waals surface area contributed by atoms with Crippen LogP contribution in [-0.2, 0) is 14.8 Å². The number of methoxy groups -OCH3 is 1. The van der Waals surface area contributed by atoms with E-state index in [1.165, 1.54) is 7.11 Å². The van der Waals surface area contributed by atoms with E-state index in [2.05, 4.69) is 31.9 Å². The summed E-state index contributed by atoms with van der Waals surface area (Å²) in [7, 11) is 1.28. The molecule has 134 valence electrons. The predicted molar refractivity (Wildman–Crippen MR) is 102 cm³/mol. The summed E-state index contributed by atoms with van der Waals surface area (Å²) in [6.45, 7) is 5.21. The number of ether oxygens (including phenoxy) is 3. The molecule has 0 aromatic heterocycles. The molecular formula is C18H18Br2O5. The molecule has 0 atom stereocenters. The molecule has 0 radical (unpaired) electrons. The van der Waals surface area contributed by atoms with Gasteiger partial charge in [0.2, 0.25) is 0 Å². The minimum Gasteiger partial charge on any atom is -0.465 e. The van der Waals surface area contributed by atoms with Crippen molar-refractivity contribution < 1.29 is 23.8 Å². The molecule has 2 aromatic carbocycles. The number of carbonyl (C=O) groups excluding carboxylic acids is 2. The van der Waals surface area contributed by atoms with Crippen LogP contribution in [0.25, 0.3) is 10.8 Å². The van der Waals surface area contributed by atoms with Crippen LogP contribution in [0.2, 0.25) is 0 Å². The first-order valence-corrected chi connectivity index (χ1v) is 9.38. The van der Waals surface area contributed by atoms with E-state index >= 15 is 0 Å². The highest BCUT2D eigenvalue weighted by atomic mass is 79.9. The molecule has 25 heavy (non-hydrogen) atoms. The maximum atomic E-state index is 12.3. The number of hydrogen-bond donors (Lipinski definition) is 0. The summed E-state index contributed by atoms with van der Waals surface area (Å²) in [6, 6.07) is 7.37. The van der Waals surface area contributed by atoms with Gasteiger partial charge in [0, 0.05) is 15.2 Å². The molecular weight excluding hydrogens is 456 g/mol. The van der Waals surface area contributed by atoms with Gasteiger partial charge >= 0.3 is 12.1 Å². The van der Waals surface area contributed by atoms with Crippen molar-refractivity contribution in [2.24, 2.45) is 0 Å². The topological polar surface area (TPSA) is 61.8 Å². The van der Waals surface area contributed by atoms with Crippen molar-refractivity contribution in [3.63, 3.8) is 0 Å². The van der Waals surface area contributed by atoms with Gasteiger partial charge in [-0.3, -0.25) is 0 Å². The molecule has 7 heteroatoms. The van der Waals surface area contributed by atoms with E-state index in [-0.39, 0.29) is 11.3 Å². The predicted octanol–water partition coefficient (Wildman–Crippen LogP) is 5.60. The highest BCUT2D eigenvalue weighted by Gasteiger charge is 2.26. The molecule has 0 aliphatic rings. The van der Waals surface area contributed by atoms with Crippen LogP contribution in [0.15, 0.2) is 28.7 Å². The number of benzene rings is 2. The Bertz CT molecular complexity index is 824. The zero-order valence-corrected chi connectivity index (χ0v) is 17.5. The third-order valence-electron chi connectivity index (χ3n) is 3.25. The lowest BCUT2D eigenvalue weighted by Gasteiger charge is -2.20. The maximum absolute atomic E-state index is 12.3. The van der Waals surface area contributed by atoms with E-state index in [0.717, 1.165) is 9.86 Å². The average Bonchev–Trinajstić information content (AvgIpc) is 2.52. The highest BCUT2D eigenvalue weighted by Crippen LogP contribution is 2.36. The van der Waals surface area contributed by atoms with Gasteiger partial charge in [0.1, 0.15) is 11.2 Å². The molecule has 0 heterocycles. The molecule has 0 bridgehead atoms. The Morgan fingerprint density at radius 2 is 1.84 bits per heavy atom. The number of hydrogen-bond acceptors (Lipinski definition) is 5. The van der Waals surface area contributed by atoms with Crippen LogP contribution in [0, 0.1) is 0 Å². The van der Waals surface area contributed by atoms with Gasteiger partial charge in [0.15, 0.2) is 5.75 Å². The first kappa shape index (κ1) is 19.7. The fourth-order valence-electron chi connectivity index (χ4n) is 2.28. The van der Waals surface area contributed by atoms with Crippen LogP contribution in [0.3, 0.4) is 0 Å². The second-order valence-corrected chi connectivity index (χ2v) is 7.77. The van der Waals surface area contributed by atoms with Crippen LogP contribution in [0.1, 0.15) is 36.7 Å². The largest absolute Gasteiger partial charge is 0.514 e. The Kier molecular flexibility index (Phi) is 6.11. The number of esters is 1.